The minimum Gasteiger partial charge on any atom is -0.341 e. The Morgan fingerprint density at radius 1 is 1.22 bits per heavy atom. The zero-order valence-corrected chi connectivity index (χ0v) is 5.68. The van der Waals surface area contributed by atoms with Crippen molar-refractivity contribution in [3.05, 3.63) is 23.8 Å². The van der Waals surface area contributed by atoms with E-state index in [1.165, 1.54) is 16.9 Å². The molecule has 1 heteroatoms. The van der Waals surface area contributed by atoms with E-state index in [-0.39, 0.29) is 0 Å². The zero-order chi connectivity index (χ0) is 6.43. The Hall–Kier alpha value is -0.980. The number of hydrogen-bond donors (Lipinski definition) is 0. The molecule has 0 radical (unpaired) electrons. The molecule has 2 rings (SSSR count). The number of hydrogen-bond acceptors (Lipinski definition) is 1. The van der Waals surface area contributed by atoms with E-state index in [0.717, 1.165) is 0 Å². The fourth-order valence-electron chi connectivity index (χ4n) is 1.12. The van der Waals surface area contributed by atoms with Gasteiger partial charge in [-0.25, -0.2) is 0 Å². The van der Waals surface area contributed by atoms with Gasteiger partial charge in [0.15, 0.2) is 0 Å². The summed E-state index contributed by atoms with van der Waals surface area (Å²) in [5.41, 5.74) is 4.11. The molecule has 1 aliphatic rings. The van der Waals surface area contributed by atoms with Gasteiger partial charge in [0.1, 0.15) is 0 Å². The van der Waals surface area contributed by atoms with Crippen LogP contribution in [-0.4, -0.2) is 7.05 Å². The molecule has 1 aliphatic heterocycles. The lowest BCUT2D eigenvalue weighted by Crippen LogP contribution is -1.81. The van der Waals surface area contributed by atoms with Crippen molar-refractivity contribution in [3.8, 4) is 0 Å². The average Bonchev–Trinajstić information content (AvgIpc) is 2.43. The number of nitrogens with zero attached hydrogens (tertiary/aromatic N) is 1. The van der Waals surface area contributed by atoms with E-state index in [1.807, 2.05) is 0 Å². The van der Waals surface area contributed by atoms with E-state index in [1.54, 1.807) is 0 Å². The molecule has 0 atom stereocenters. The van der Waals surface area contributed by atoms with Crippen LogP contribution in [0.4, 0.5) is 11.4 Å². The van der Waals surface area contributed by atoms with Gasteiger partial charge in [0.05, 0.1) is 11.4 Å². The van der Waals surface area contributed by atoms with Gasteiger partial charge >= 0.3 is 0 Å². The van der Waals surface area contributed by atoms with Crippen molar-refractivity contribution >= 4 is 11.4 Å². The fraction of sp³-hybridized carbons (Fsp3) is 0.250. The number of aryl methyl sites for hydroxylation is 1. The van der Waals surface area contributed by atoms with Crippen LogP contribution >= 0.6 is 0 Å². The van der Waals surface area contributed by atoms with E-state index in [2.05, 4.69) is 37.1 Å². The van der Waals surface area contributed by atoms with Gasteiger partial charge in [-0.3, -0.25) is 0 Å². The van der Waals surface area contributed by atoms with Crippen LogP contribution in [0.25, 0.3) is 0 Å². The number of benzene rings is 1. The summed E-state index contributed by atoms with van der Waals surface area (Å²) in [7, 11) is 2.09. The highest BCUT2D eigenvalue weighted by molar-refractivity contribution is 5.92. The van der Waals surface area contributed by atoms with Crippen LogP contribution in [0.5, 0.6) is 0 Å². The molecule has 0 spiro atoms. The summed E-state index contributed by atoms with van der Waals surface area (Å²) in [6.07, 6.45) is 0. The first-order valence-electron chi connectivity index (χ1n) is 3.13. The number of rotatable bonds is 0. The Morgan fingerprint density at radius 2 is 2.00 bits per heavy atom. The van der Waals surface area contributed by atoms with Gasteiger partial charge in [-0.15, -0.1) is 0 Å². The van der Waals surface area contributed by atoms with Gasteiger partial charge in [-0.2, -0.15) is 0 Å². The monoisotopic (exact) mass is 119 g/mol. The summed E-state index contributed by atoms with van der Waals surface area (Å²) < 4.78 is 0. The maximum absolute atomic E-state index is 2.20. The Kier molecular flexibility index (Phi) is 0.699. The molecular weight excluding hydrogens is 110 g/mol. The summed E-state index contributed by atoms with van der Waals surface area (Å²) in [5, 5.41) is 0. The zero-order valence-electron chi connectivity index (χ0n) is 5.68. The predicted molar refractivity (Wildman–Crippen MR) is 39.2 cm³/mol. The van der Waals surface area contributed by atoms with Crippen LogP contribution in [0.1, 0.15) is 5.56 Å². The predicted octanol–water partition coefficient (Wildman–Crippen LogP) is 2.08. The normalized spacial score (nSPS) is 13.3. The molecule has 0 aromatic heterocycles. The summed E-state index contributed by atoms with van der Waals surface area (Å²) in [6.45, 7) is 2.12. The first-order valence-corrected chi connectivity index (χ1v) is 3.13. The minimum atomic E-state index is 1.35. The summed E-state index contributed by atoms with van der Waals surface area (Å²) in [5.74, 6) is 0. The molecule has 1 aromatic rings. The van der Waals surface area contributed by atoms with Gasteiger partial charge in [0, 0.05) is 7.05 Å². The van der Waals surface area contributed by atoms with E-state index >= 15 is 0 Å². The molecule has 1 heterocycles. The highest BCUT2D eigenvalue weighted by Gasteiger charge is 2.22. The smallest absolute Gasteiger partial charge is 0.0652 e. The number of anilines is 2. The molecule has 0 bridgehead atoms. The lowest BCUT2D eigenvalue weighted by atomic mass is 10.2. The van der Waals surface area contributed by atoms with E-state index in [0.29, 0.717) is 0 Å². The molecular formula is C8H9N. The van der Waals surface area contributed by atoms with Crippen molar-refractivity contribution in [2.24, 2.45) is 0 Å². The third-order valence-corrected chi connectivity index (χ3v) is 1.80. The Balaban J connectivity index is 2.54. The van der Waals surface area contributed by atoms with Crippen LogP contribution < -0.4 is 4.90 Å². The average molecular weight is 119 g/mol. The van der Waals surface area contributed by atoms with Crippen molar-refractivity contribution in [1.29, 1.82) is 0 Å². The molecule has 0 fully saturated rings. The molecule has 1 aromatic carbocycles. The molecule has 46 valence electrons. The maximum atomic E-state index is 2.20. The molecule has 0 saturated carbocycles. The second-order valence-electron chi connectivity index (χ2n) is 2.55. The second kappa shape index (κ2) is 1.29. The molecule has 0 saturated heterocycles. The van der Waals surface area contributed by atoms with Crippen molar-refractivity contribution in [1.82, 2.24) is 0 Å². The van der Waals surface area contributed by atoms with Gasteiger partial charge < -0.3 is 4.90 Å². The van der Waals surface area contributed by atoms with E-state index in [9.17, 15) is 0 Å². The van der Waals surface area contributed by atoms with E-state index < -0.39 is 0 Å². The number of fused-ring (bicyclic) bond motifs is 1. The minimum absolute atomic E-state index is 1.35. The SMILES string of the molecule is Cc1ccc2c(c1)N2C. The van der Waals surface area contributed by atoms with Gasteiger partial charge in [0.2, 0.25) is 0 Å². The lowest BCUT2D eigenvalue weighted by molar-refractivity contribution is 1.42. The summed E-state index contributed by atoms with van der Waals surface area (Å²) in [4.78, 5) is 2.19. The Bertz CT molecular complexity index is 253. The third kappa shape index (κ3) is 0.545. The summed E-state index contributed by atoms with van der Waals surface area (Å²) in [6, 6.07) is 6.50. The summed E-state index contributed by atoms with van der Waals surface area (Å²) >= 11 is 0. The Morgan fingerprint density at radius 3 is 2.56 bits per heavy atom. The highest BCUT2D eigenvalue weighted by atomic mass is 15.2. The highest BCUT2D eigenvalue weighted by Crippen LogP contribution is 2.45. The maximum Gasteiger partial charge on any atom is 0.0652 e. The lowest BCUT2D eigenvalue weighted by Gasteiger charge is -1.81. The van der Waals surface area contributed by atoms with Gasteiger partial charge in [-0.1, -0.05) is 6.07 Å². The quantitative estimate of drug-likeness (QED) is 0.472. The van der Waals surface area contributed by atoms with Gasteiger partial charge in [-0.05, 0) is 24.6 Å². The third-order valence-electron chi connectivity index (χ3n) is 1.80. The van der Waals surface area contributed by atoms with E-state index in [4.69, 9.17) is 0 Å². The van der Waals surface area contributed by atoms with Crippen LogP contribution in [0, 0.1) is 6.92 Å². The largest absolute Gasteiger partial charge is 0.341 e. The molecule has 0 aliphatic carbocycles. The van der Waals surface area contributed by atoms with Crippen LogP contribution in [0.15, 0.2) is 18.2 Å². The van der Waals surface area contributed by atoms with Crippen molar-refractivity contribution < 1.29 is 0 Å². The first-order chi connectivity index (χ1) is 4.29. The molecule has 0 amide bonds. The molecule has 0 unspecified atom stereocenters. The molecule has 9 heavy (non-hydrogen) atoms. The van der Waals surface area contributed by atoms with Crippen molar-refractivity contribution in [2.75, 3.05) is 11.9 Å². The van der Waals surface area contributed by atoms with Crippen molar-refractivity contribution in [3.63, 3.8) is 0 Å². The Labute approximate surface area is 54.9 Å². The second-order valence-corrected chi connectivity index (χ2v) is 2.55. The molecule has 1 nitrogen and oxygen atoms in total. The van der Waals surface area contributed by atoms with Crippen LogP contribution in [0.3, 0.4) is 0 Å². The van der Waals surface area contributed by atoms with Gasteiger partial charge in [0.25, 0.3) is 0 Å². The standard InChI is InChI=1S/C8H9N/c1-6-3-4-7-8(5-6)9(7)2/h3-5H,1-2H3. The topological polar surface area (TPSA) is 3.01 Å². The first kappa shape index (κ1) is 4.86. The fourth-order valence-corrected chi connectivity index (χ4v) is 1.12. The van der Waals surface area contributed by atoms with Crippen LogP contribution in [-0.2, 0) is 0 Å². The molecule has 0 N–H and O–H groups in total. The van der Waals surface area contributed by atoms with Crippen LogP contribution in [0.2, 0.25) is 0 Å². The van der Waals surface area contributed by atoms with Crippen molar-refractivity contribution in [2.45, 2.75) is 6.92 Å².